The molecule has 5 heteroatoms. The summed E-state index contributed by atoms with van der Waals surface area (Å²) in [5, 5.41) is 9.35. The van der Waals surface area contributed by atoms with Gasteiger partial charge in [-0.05, 0) is 12.8 Å². The van der Waals surface area contributed by atoms with Gasteiger partial charge in [0.1, 0.15) is 5.82 Å². The highest BCUT2D eigenvalue weighted by Gasteiger charge is 2.25. The molecule has 13 heavy (non-hydrogen) atoms. The maximum Gasteiger partial charge on any atom is 0.291 e. The van der Waals surface area contributed by atoms with Crippen LogP contribution in [0.1, 0.15) is 36.2 Å². The summed E-state index contributed by atoms with van der Waals surface area (Å²) >= 11 is 0. The fourth-order valence-electron chi connectivity index (χ4n) is 1.03. The van der Waals surface area contributed by atoms with Gasteiger partial charge in [-0.3, -0.25) is 9.89 Å². The van der Waals surface area contributed by atoms with E-state index in [9.17, 15) is 4.79 Å². The van der Waals surface area contributed by atoms with Crippen LogP contribution < -0.4 is 5.32 Å². The van der Waals surface area contributed by atoms with Gasteiger partial charge >= 0.3 is 0 Å². The molecule has 2 rings (SSSR count). The SMILES string of the molecule is CCc1nc(C(=O)NC2CC2)n[nH]1. The second kappa shape index (κ2) is 3.16. The van der Waals surface area contributed by atoms with E-state index in [4.69, 9.17) is 0 Å². The van der Waals surface area contributed by atoms with Gasteiger partial charge in [-0.1, -0.05) is 6.92 Å². The van der Waals surface area contributed by atoms with Gasteiger partial charge in [-0.2, -0.15) is 0 Å². The molecule has 0 unspecified atom stereocenters. The molecule has 0 spiro atoms. The van der Waals surface area contributed by atoms with E-state index in [-0.39, 0.29) is 11.7 Å². The van der Waals surface area contributed by atoms with Crippen molar-refractivity contribution in [2.45, 2.75) is 32.2 Å². The normalized spacial score (nSPS) is 15.8. The lowest BCUT2D eigenvalue weighted by Crippen LogP contribution is -2.26. The summed E-state index contributed by atoms with van der Waals surface area (Å²) in [6.45, 7) is 1.96. The number of H-pyrrole nitrogens is 1. The summed E-state index contributed by atoms with van der Waals surface area (Å²) < 4.78 is 0. The first-order valence-corrected chi connectivity index (χ1v) is 4.51. The van der Waals surface area contributed by atoms with Crippen molar-refractivity contribution in [3.8, 4) is 0 Å². The standard InChI is InChI=1S/C8H12N4O/c1-2-6-10-7(12-11-6)8(13)9-5-3-4-5/h5H,2-4H2,1H3,(H,9,13)(H,10,11,12). The van der Waals surface area contributed by atoms with Crippen LogP contribution >= 0.6 is 0 Å². The molecule has 5 nitrogen and oxygen atoms in total. The molecule has 1 amide bonds. The first-order chi connectivity index (χ1) is 6.29. The summed E-state index contributed by atoms with van der Waals surface area (Å²) in [5.41, 5.74) is 0. The predicted molar refractivity (Wildman–Crippen MR) is 46.2 cm³/mol. The van der Waals surface area contributed by atoms with Crippen LogP contribution in [-0.2, 0) is 6.42 Å². The molecule has 0 radical (unpaired) electrons. The number of aromatic amines is 1. The van der Waals surface area contributed by atoms with Crippen molar-refractivity contribution in [3.63, 3.8) is 0 Å². The Hall–Kier alpha value is -1.39. The number of amides is 1. The van der Waals surface area contributed by atoms with E-state index in [2.05, 4.69) is 20.5 Å². The van der Waals surface area contributed by atoms with Gasteiger partial charge in [0.15, 0.2) is 0 Å². The summed E-state index contributed by atoms with van der Waals surface area (Å²) in [5.74, 6) is 0.836. The van der Waals surface area contributed by atoms with Crippen molar-refractivity contribution in [3.05, 3.63) is 11.6 Å². The van der Waals surface area contributed by atoms with Crippen LogP contribution in [0.15, 0.2) is 0 Å². The van der Waals surface area contributed by atoms with Crippen LogP contribution in [0.5, 0.6) is 0 Å². The molecule has 0 saturated heterocycles. The van der Waals surface area contributed by atoms with Crippen LogP contribution in [0.3, 0.4) is 0 Å². The summed E-state index contributed by atoms with van der Waals surface area (Å²) in [6, 6.07) is 0.357. The van der Waals surface area contributed by atoms with Crippen molar-refractivity contribution in [1.82, 2.24) is 20.5 Å². The molecule has 0 aliphatic heterocycles. The smallest absolute Gasteiger partial charge is 0.291 e. The highest BCUT2D eigenvalue weighted by molar-refractivity contribution is 5.90. The van der Waals surface area contributed by atoms with Crippen molar-refractivity contribution < 1.29 is 4.79 Å². The average molecular weight is 180 g/mol. The summed E-state index contributed by atoms with van der Waals surface area (Å²) in [4.78, 5) is 15.4. The van der Waals surface area contributed by atoms with Crippen molar-refractivity contribution in [1.29, 1.82) is 0 Å². The molecule has 1 heterocycles. The number of hydrogen-bond donors (Lipinski definition) is 2. The van der Waals surface area contributed by atoms with E-state index in [1.54, 1.807) is 0 Å². The van der Waals surface area contributed by atoms with Crippen molar-refractivity contribution in [2.24, 2.45) is 0 Å². The molecule has 1 aliphatic carbocycles. The molecule has 1 saturated carbocycles. The van der Waals surface area contributed by atoms with Crippen molar-refractivity contribution in [2.75, 3.05) is 0 Å². The third-order valence-corrected chi connectivity index (χ3v) is 1.98. The number of hydrogen-bond acceptors (Lipinski definition) is 3. The monoisotopic (exact) mass is 180 g/mol. The Morgan fingerprint density at radius 2 is 2.46 bits per heavy atom. The molecule has 1 fully saturated rings. The first-order valence-electron chi connectivity index (χ1n) is 4.51. The van der Waals surface area contributed by atoms with E-state index in [1.165, 1.54) is 0 Å². The molecular formula is C8H12N4O. The van der Waals surface area contributed by atoms with Gasteiger partial charge in [0.25, 0.3) is 5.91 Å². The minimum atomic E-state index is -0.168. The van der Waals surface area contributed by atoms with Gasteiger partial charge in [0, 0.05) is 12.5 Å². The molecule has 2 N–H and O–H groups in total. The molecular weight excluding hydrogens is 168 g/mol. The lowest BCUT2D eigenvalue weighted by atomic mass is 10.4. The summed E-state index contributed by atoms with van der Waals surface area (Å²) in [6.07, 6.45) is 2.93. The number of rotatable bonds is 3. The number of nitrogens with one attached hydrogen (secondary N) is 2. The Bertz CT molecular complexity index is 316. The van der Waals surface area contributed by atoms with Gasteiger partial charge < -0.3 is 5.32 Å². The Kier molecular flexibility index (Phi) is 2.00. The fraction of sp³-hybridized carbons (Fsp3) is 0.625. The van der Waals surface area contributed by atoms with Gasteiger partial charge in [-0.25, -0.2) is 4.98 Å². The quantitative estimate of drug-likeness (QED) is 0.700. The topological polar surface area (TPSA) is 70.7 Å². The third-order valence-electron chi connectivity index (χ3n) is 1.98. The minimum Gasteiger partial charge on any atom is -0.347 e. The number of carbonyl (C=O) groups excluding carboxylic acids is 1. The Balaban J connectivity index is 2.01. The Morgan fingerprint density at radius 1 is 1.69 bits per heavy atom. The lowest BCUT2D eigenvalue weighted by molar-refractivity contribution is 0.0941. The maximum atomic E-state index is 11.4. The Morgan fingerprint density at radius 3 is 3.00 bits per heavy atom. The van der Waals surface area contributed by atoms with Gasteiger partial charge in [0.05, 0.1) is 0 Å². The van der Waals surface area contributed by atoms with E-state index >= 15 is 0 Å². The highest BCUT2D eigenvalue weighted by atomic mass is 16.2. The van der Waals surface area contributed by atoms with Crippen molar-refractivity contribution >= 4 is 5.91 Å². The number of aromatic nitrogens is 3. The first kappa shape index (κ1) is 8.22. The lowest BCUT2D eigenvalue weighted by Gasteiger charge is -1.96. The Labute approximate surface area is 75.9 Å². The van der Waals surface area contributed by atoms with Crippen LogP contribution in [0.2, 0.25) is 0 Å². The van der Waals surface area contributed by atoms with Crippen LogP contribution in [0.4, 0.5) is 0 Å². The number of aryl methyl sites for hydroxylation is 1. The van der Waals surface area contributed by atoms with E-state index in [0.29, 0.717) is 6.04 Å². The van der Waals surface area contributed by atoms with Crippen LogP contribution in [0, 0.1) is 0 Å². The maximum absolute atomic E-state index is 11.4. The second-order valence-electron chi connectivity index (χ2n) is 3.21. The molecule has 1 aromatic rings. The molecule has 70 valence electrons. The second-order valence-corrected chi connectivity index (χ2v) is 3.21. The molecule has 1 aromatic heterocycles. The largest absolute Gasteiger partial charge is 0.347 e. The minimum absolute atomic E-state index is 0.168. The van der Waals surface area contributed by atoms with Crippen LogP contribution in [-0.4, -0.2) is 27.1 Å². The third kappa shape index (κ3) is 1.85. The summed E-state index contributed by atoms with van der Waals surface area (Å²) in [7, 11) is 0. The van der Waals surface area contributed by atoms with Gasteiger partial charge in [0.2, 0.25) is 5.82 Å². The van der Waals surface area contributed by atoms with E-state index in [1.807, 2.05) is 6.92 Å². The van der Waals surface area contributed by atoms with Crippen LogP contribution in [0.25, 0.3) is 0 Å². The van der Waals surface area contributed by atoms with E-state index < -0.39 is 0 Å². The fourth-order valence-corrected chi connectivity index (χ4v) is 1.03. The zero-order chi connectivity index (χ0) is 9.26. The molecule has 0 aromatic carbocycles. The number of carbonyl (C=O) groups is 1. The average Bonchev–Trinajstić information content (AvgIpc) is 2.82. The molecule has 0 bridgehead atoms. The zero-order valence-corrected chi connectivity index (χ0v) is 7.50. The molecule has 1 aliphatic rings. The molecule has 0 atom stereocenters. The zero-order valence-electron chi connectivity index (χ0n) is 7.50. The highest BCUT2D eigenvalue weighted by Crippen LogP contribution is 2.18. The van der Waals surface area contributed by atoms with Gasteiger partial charge in [-0.15, -0.1) is 5.10 Å². The van der Waals surface area contributed by atoms with E-state index in [0.717, 1.165) is 25.1 Å². The predicted octanol–water partition coefficient (Wildman–Crippen LogP) is 0.259. The number of nitrogens with zero attached hydrogens (tertiary/aromatic N) is 2.